The van der Waals surface area contributed by atoms with Crippen LogP contribution >= 0.6 is 0 Å². The number of hydrogen-bond donors (Lipinski definition) is 0. The van der Waals surface area contributed by atoms with Gasteiger partial charge in [0.05, 0.1) is 25.4 Å². The molecular weight excluding hydrogens is 371 g/mol. The molecule has 3 heterocycles. The van der Waals surface area contributed by atoms with Gasteiger partial charge in [-0.25, -0.2) is 9.07 Å². The summed E-state index contributed by atoms with van der Waals surface area (Å²) in [6.07, 6.45) is 1.72. The van der Waals surface area contributed by atoms with Gasteiger partial charge in [0.15, 0.2) is 5.82 Å². The first kappa shape index (κ1) is 19.7. The monoisotopic (exact) mass is 398 g/mol. The fourth-order valence-electron chi connectivity index (χ4n) is 4.00. The summed E-state index contributed by atoms with van der Waals surface area (Å²) in [4.78, 5) is 4.88. The van der Waals surface area contributed by atoms with Crippen LogP contribution < -0.4 is 0 Å². The molecule has 2 aromatic heterocycles. The van der Waals surface area contributed by atoms with Gasteiger partial charge >= 0.3 is 0 Å². The second kappa shape index (κ2) is 8.84. The predicted octanol–water partition coefficient (Wildman–Crippen LogP) is 2.97. The first-order valence-electron chi connectivity index (χ1n) is 10.1. The molecular formula is C21H27FN6O. The molecule has 8 heteroatoms. The molecule has 0 spiro atoms. The van der Waals surface area contributed by atoms with Gasteiger partial charge in [-0.2, -0.15) is 0 Å². The second-order valence-corrected chi connectivity index (χ2v) is 7.90. The number of nitrogens with zero attached hydrogens (tertiary/aromatic N) is 6. The molecule has 7 nitrogen and oxygen atoms in total. The Bertz CT molecular complexity index is 884. The Kier molecular flexibility index (Phi) is 6.01. The second-order valence-electron chi connectivity index (χ2n) is 7.90. The van der Waals surface area contributed by atoms with Crippen LogP contribution in [-0.4, -0.2) is 56.2 Å². The van der Waals surface area contributed by atoms with Crippen LogP contribution in [0.2, 0.25) is 0 Å². The molecule has 0 radical (unpaired) electrons. The quantitative estimate of drug-likeness (QED) is 0.610. The molecule has 1 aromatic carbocycles. The largest absolute Gasteiger partial charge is 0.468 e. The smallest absolute Gasteiger partial charge is 0.169 e. The lowest BCUT2D eigenvalue weighted by molar-refractivity contribution is 0.0634. The van der Waals surface area contributed by atoms with Crippen LogP contribution in [0.25, 0.3) is 0 Å². The van der Waals surface area contributed by atoms with Crippen LogP contribution in [0, 0.1) is 11.7 Å². The number of tetrazole rings is 1. The summed E-state index contributed by atoms with van der Waals surface area (Å²) in [7, 11) is 0. The van der Waals surface area contributed by atoms with E-state index in [0.29, 0.717) is 12.5 Å². The zero-order valence-corrected chi connectivity index (χ0v) is 16.9. The Morgan fingerprint density at radius 1 is 1.03 bits per heavy atom. The molecule has 1 fully saturated rings. The molecule has 154 valence electrons. The van der Waals surface area contributed by atoms with Gasteiger partial charge in [0, 0.05) is 26.2 Å². The van der Waals surface area contributed by atoms with Gasteiger partial charge in [-0.15, -0.1) is 5.10 Å². The summed E-state index contributed by atoms with van der Waals surface area (Å²) < 4.78 is 20.5. The molecule has 0 aliphatic carbocycles. The van der Waals surface area contributed by atoms with E-state index in [1.165, 1.54) is 12.1 Å². The van der Waals surface area contributed by atoms with Crippen molar-refractivity contribution >= 4 is 0 Å². The van der Waals surface area contributed by atoms with Gasteiger partial charge in [-0.05, 0) is 46.2 Å². The van der Waals surface area contributed by atoms with Crippen molar-refractivity contribution in [2.75, 3.05) is 26.2 Å². The predicted molar refractivity (Wildman–Crippen MR) is 106 cm³/mol. The maximum Gasteiger partial charge on any atom is 0.169 e. The third-order valence-corrected chi connectivity index (χ3v) is 5.46. The minimum absolute atomic E-state index is 0.135. The van der Waals surface area contributed by atoms with E-state index >= 15 is 0 Å². The summed E-state index contributed by atoms with van der Waals surface area (Å²) in [5.74, 6) is 1.99. The average molecular weight is 398 g/mol. The van der Waals surface area contributed by atoms with Gasteiger partial charge in [0.1, 0.15) is 11.6 Å². The number of benzene rings is 1. The highest BCUT2D eigenvalue weighted by atomic mass is 19.1. The van der Waals surface area contributed by atoms with E-state index in [-0.39, 0.29) is 11.9 Å². The number of furan rings is 1. The Hall–Kier alpha value is -2.58. The fraction of sp³-hybridized carbons (Fsp3) is 0.476. The molecule has 1 aliphatic rings. The van der Waals surface area contributed by atoms with Crippen LogP contribution in [0.1, 0.15) is 37.0 Å². The lowest BCUT2D eigenvalue weighted by Gasteiger charge is -2.40. The Morgan fingerprint density at radius 3 is 2.45 bits per heavy atom. The number of piperazine rings is 1. The Balaban J connectivity index is 1.45. The standard InChI is InChI=1S/C21H27FN6O/c1-16(2)20(27-11-9-26(10-12-27)15-19-4-3-13-29-19)21-23-24-25-28(21)14-17-5-7-18(22)8-6-17/h3-8,13,16,20H,9-12,14-15H2,1-2H3. The summed E-state index contributed by atoms with van der Waals surface area (Å²) in [6.45, 7) is 9.64. The van der Waals surface area contributed by atoms with E-state index in [0.717, 1.165) is 49.9 Å². The van der Waals surface area contributed by atoms with Gasteiger partial charge in [0.25, 0.3) is 0 Å². The van der Waals surface area contributed by atoms with Gasteiger partial charge in [0.2, 0.25) is 0 Å². The molecule has 1 atom stereocenters. The highest BCUT2D eigenvalue weighted by Crippen LogP contribution is 2.28. The van der Waals surface area contributed by atoms with E-state index in [9.17, 15) is 4.39 Å². The minimum Gasteiger partial charge on any atom is -0.468 e. The Labute approximate surface area is 170 Å². The van der Waals surface area contributed by atoms with Crippen molar-refractivity contribution in [1.82, 2.24) is 30.0 Å². The summed E-state index contributed by atoms with van der Waals surface area (Å²) in [6, 6.07) is 10.6. The van der Waals surface area contributed by atoms with Crippen molar-refractivity contribution in [2.24, 2.45) is 5.92 Å². The van der Waals surface area contributed by atoms with E-state index in [2.05, 4.69) is 39.2 Å². The van der Waals surface area contributed by atoms with E-state index in [1.54, 1.807) is 18.4 Å². The zero-order valence-electron chi connectivity index (χ0n) is 16.9. The van der Waals surface area contributed by atoms with Crippen molar-refractivity contribution in [3.63, 3.8) is 0 Å². The maximum atomic E-state index is 13.2. The van der Waals surface area contributed by atoms with Crippen LogP contribution in [0.5, 0.6) is 0 Å². The first-order chi connectivity index (χ1) is 14.1. The third-order valence-electron chi connectivity index (χ3n) is 5.46. The summed E-state index contributed by atoms with van der Waals surface area (Å²) in [5, 5.41) is 12.5. The molecule has 29 heavy (non-hydrogen) atoms. The molecule has 1 unspecified atom stereocenters. The lowest BCUT2D eigenvalue weighted by atomic mass is 10.0. The van der Waals surface area contributed by atoms with Crippen LogP contribution in [0.3, 0.4) is 0 Å². The number of hydrogen-bond acceptors (Lipinski definition) is 6. The lowest BCUT2D eigenvalue weighted by Crippen LogP contribution is -2.48. The molecule has 0 bridgehead atoms. The molecule has 0 amide bonds. The van der Waals surface area contributed by atoms with Gasteiger partial charge in [-0.1, -0.05) is 26.0 Å². The Morgan fingerprint density at radius 2 is 1.79 bits per heavy atom. The number of halogens is 1. The normalized spacial score (nSPS) is 17.1. The number of rotatable bonds is 7. The first-order valence-corrected chi connectivity index (χ1v) is 10.1. The van der Waals surface area contributed by atoms with Crippen LogP contribution in [-0.2, 0) is 13.1 Å². The molecule has 0 saturated carbocycles. The maximum absolute atomic E-state index is 13.2. The highest BCUT2D eigenvalue weighted by Gasteiger charge is 2.31. The van der Waals surface area contributed by atoms with Crippen molar-refractivity contribution < 1.29 is 8.81 Å². The molecule has 0 N–H and O–H groups in total. The number of aromatic nitrogens is 4. The van der Waals surface area contributed by atoms with Crippen molar-refractivity contribution in [1.29, 1.82) is 0 Å². The molecule has 4 rings (SSSR count). The fourth-order valence-corrected chi connectivity index (χ4v) is 4.00. The van der Waals surface area contributed by atoms with Crippen molar-refractivity contribution in [2.45, 2.75) is 33.0 Å². The van der Waals surface area contributed by atoms with Crippen LogP contribution in [0.4, 0.5) is 4.39 Å². The van der Waals surface area contributed by atoms with Gasteiger partial charge in [-0.3, -0.25) is 9.80 Å². The SMILES string of the molecule is CC(C)C(c1nnnn1Cc1ccc(F)cc1)N1CCN(Cc2ccco2)CC1. The molecule has 3 aromatic rings. The summed E-state index contributed by atoms with van der Waals surface area (Å²) >= 11 is 0. The topological polar surface area (TPSA) is 63.2 Å². The third kappa shape index (κ3) is 4.71. The van der Waals surface area contributed by atoms with Crippen LogP contribution in [0.15, 0.2) is 47.1 Å². The zero-order chi connectivity index (χ0) is 20.2. The summed E-state index contributed by atoms with van der Waals surface area (Å²) in [5.41, 5.74) is 0.978. The minimum atomic E-state index is -0.238. The average Bonchev–Trinajstić information content (AvgIpc) is 3.38. The molecule has 1 saturated heterocycles. The van der Waals surface area contributed by atoms with E-state index < -0.39 is 0 Å². The van der Waals surface area contributed by atoms with E-state index in [1.807, 2.05) is 16.8 Å². The molecule has 1 aliphatic heterocycles. The van der Waals surface area contributed by atoms with Crippen molar-refractivity contribution in [3.8, 4) is 0 Å². The van der Waals surface area contributed by atoms with E-state index in [4.69, 9.17) is 4.42 Å². The highest BCUT2D eigenvalue weighted by molar-refractivity contribution is 5.16. The van der Waals surface area contributed by atoms with Gasteiger partial charge < -0.3 is 4.42 Å². The van der Waals surface area contributed by atoms with Crippen molar-refractivity contribution in [3.05, 3.63) is 65.6 Å².